The van der Waals surface area contributed by atoms with Crippen LogP contribution in [0.1, 0.15) is 6.92 Å². The maximum absolute atomic E-state index is 11.1. The molecule has 0 aromatic heterocycles. The van der Waals surface area contributed by atoms with Gasteiger partial charge in [-0.2, -0.15) is 4.58 Å². The highest BCUT2D eigenvalue weighted by molar-refractivity contribution is 8.17. The zero-order chi connectivity index (χ0) is 13.1. The lowest BCUT2D eigenvalue weighted by atomic mass is 10.1. The molecule has 1 heterocycles. The summed E-state index contributed by atoms with van der Waals surface area (Å²) < 4.78 is 2.01. The highest BCUT2D eigenvalue weighted by Crippen LogP contribution is 2.28. The van der Waals surface area contributed by atoms with Crippen molar-refractivity contribution in [3.63, 3.8) is 0 Å². The molecule has 1 aromatic carbocycles. The molecule has 92 valence electrons. The molecule has 0 saturated heterocycles. The first-order valence-electron chi connectivity index (χ1n) is 5.54. The highest BCUT2D eigenvalue weighted by atomic mass is 32.2. The summed E-state index contributed by atoms with van der Waals surface area (Å²) >= 11 is 1.54. The summed E-state index contributed by atoms with van der Waals surface area (Å²) in [4.78, 5) is 11.1. The average molecular weight is 260 g/mol. The smallest absolute Gasteiger partial charge is 0.332 e. The van der Waals surface area contributed by atoms with Crippen molar-refractivity contribution in [3.8, 4) is 0 Å². The number of benzene rings is 1. The Balaban J connectivity index is 2.51. The fourth-order valence-electron chi connectivity index (χ4n) is 1.73. The van der Waals surface area contributed by atoms with Crippen LogP contribution >= 0.6 is 11.8 Å². The van der Waals surface area contributed by atoms with E-state index in [0.29, 0.717) is 5.57 Å². The fraction of sp³-hybridized carbons (Fsp3) is 0.143. The van der Waals surface area contributed by atoms with E-state index in [2.05, 4.69) is 0 Å². The average Bonchev–Trinajstić information content (AvgIpc) is 2.87. The van der Waals surface area contributed by atoms with E-state index in [9.17, 15) is 4.79 Å². The Hall–Kier alpha value is -1.81. The van der Waals surface area contributed by atoms with Crippen molar-refractivity contribution in [2.45, 2.75) is 6.92 Å². The molecule has 0 saturated carbocycles. The molecule has 1 N–H and O–H groups in total. The number of carbonyl (C=O) groups is 1. The van der Waals surface area contributed by atoms with Crippen molar-refractivity contribution in [3.05, 3.63) is 53.0 Å². The van der Waals surface area contributed by atoms with Gasteiger partial charge in [-0.3, -0.25) is 0 Å². The van der Waals surface area contributed by atoms with Gasteiger partial charge in [0.1, 0.15) is 7.05 Å². The molecule has 1 aliphatic rings. The lowest BCUT2D eigenvalue weighted by Crippen LogP contribution is -2.12. The summed E-state index contributed by atoms with van der Waals surface area (Å²) in [7, 11) is 1.94. The molecule has 0 spiro atoms. The molecule has 0 atom stereocenters. The molecular formula is C14H14NO2S+. The number of carboxylic acid groups (broad SMARTS) is 1. The van der Waals surface area contributed by atoms with E-state index in [1.54, 1.807) is 6.92 Å². The first-order chi connectivity index (χ1) is 8.61. The first-order valence-corrected chi connectivity index (χ1v) is 6.42. The van der Waals surface area contributed by atoms with Crippen molar-refractivity contribution in [1.82, 2.24) is 0 Å². The number of para-hydroxylation sites is 1. The van der Waals surface area contributed by atoms with Crippen LogP contribution in [0.3, 0.4) is 0 Å². The Morgan fingerprint density at radius 3 is 2.56 bits per heavy atom. The molecule has 0 amide bonds. The third-order valence-corrected chi connectivity index (χ3v) is 3.81. The fourth-order valence-corrected chi connectivity index (χ4v) is 2.68. The van der Waals surface area contributed by atoms with E-state index in [-0.39, 0.29) is 0 Å². The maximum atomic E-state index is 11.1. The van der Waals surface area contributed by atoms with Crippen LogP contribution in [0.5, 0.6) is 0 Å². The predicted molar refractivity (Wildman–Crippen MR) is 74.4 cm³/mol. The number of aliphatic carboxylic acids is 1. The van der Waals surface area contributed by atoms with Gasteiger partial charge in [-0.05, 0) is 30.2 Å². The number of thioether (sulfide) groups is 1. The summed E-state index contributed by atoms with van der Waals surface area (Å²) in [5.74, 6) is -0.879. The van der Waals surface area contributed by atoms with Gasteiger partial charge in [0.05, 0.1) is 5.57 Å². The van der Waals surface area contributed by atoms with Crippen LogP contribution in [0, 0.1) is 0 Å². The number of allylic oxidation sites excluding steroid dienone is 1. The Kier molecular flexibility index (Phi) is 3.67. The van der Waals surface area contributed by atoms with Crippen LogP contribution in [0.25, 0.3) is 0 Å². The predicted octanol–water partition coefficient (Wildman–Crippen LogP) is 3.02. The Bertz CT molecular complexity index is 571. The topological polar surface area (TPSA) is 40.3 Å². The summed E-state index contributed by atoms with van der Waals surface area (Å²) in [5, 5.41) is 11.9. The second-order valence-corrected chi connectivity index (χ2v) is 4.86. The third-order valence-electron chi connectivity index (χ3n) is 2.82. The van der Waals surface area contributed by atoms with E-state index >= 15 is 0 Å². The van der Waals surface area contributed by atoms with Crippen LogP contribution in [0.2, 0.25) is 0 Å². The van der Waals surface area contributed by atoms with E-state index in [1.807, 2.05) is 53.4 Å². The number of rotatable bonds is 2. The number of hydrogen-bond donors (Lipinski definition) is 1. The summed E-state index contributed by atoms with van der Waals surface area (Å²) in [6.45, 7) is 1.63. The summed E-state index contributed by atoms with van der Waals surface area (Å²) in [6, 6.07) is 9.89. The number of carboxylic acids is 1. The van der Waals surface area contributed by atoms with Crippen LogP contribution in [0.15, 0.2) is 53.0 Å². The van der Waals surface area contributed by atoms with Crippen molar-refractivity contribution >= 4 is 28.5 Å². The minimum absolute atomic E-state index is 0.369. The van der Waals surface area contributed by atoms with E-state index < -0.39 is 5.97 Å². The van der Waals surface area contributed by atoms with Crippen molar-refractivity contribution in [1.29, 1.82) is 0 Å². The van der Waals surface area contributed by atoms with E-state index in [0.717, 1.165) is 16.3 Å². The first kappa shape index (κ1) is 12.6. The molecular weight excluding hydrogens is 246 g/mol. The number of hydrogen-bond acceptors (Lipinski definition) is 2. The molecule has 0 bridgehead atoms. The number of nitrogens with zero attached hydrogens (tertiary/aromatic N) is 1. The summed E-state index contributed by atoms with van der Waals surface area (Å²) in [5.41, 5.74) is 2.19. The van der Waals surface area contributed by atoms with Crippen LogP contribution in [0.4, 0.5) is 5.69 Å². The Morgan fingerprint density at radius 1 is 1.28 bits per heavy atom. The van der Waals surface area contributed by atoms with Gasteiger partial charge < -0.3 is 5.11 Å². The van der Waals surface area contributed by atoms with Crippen molar-refractivity contribution in [2.75, 3.05) is 7.05 Å². The molecule has 3 nitrogen and oxygen atoms in total. The lowest BCUT2D eigenvalue weighted by Gasteiger charge is -2.03. The molecule has 2 rings (SSSR count). The maximum Gasteiger partial charge on any atom is 0.332 e. The second-order valence-electron chi connectivity index (χ2n) is 3.96. The van der Waals surface area contributed by atoms with Gasteiger partial charge in [0, 0.05) is 17.7 Å². The van der Waals surface area contributed by atoms with Gasteiger partial charge in [-0.15, -0.1) is 0 Å². The zero-order valence-electron chi connectivity index (χ0n) is 10.3. The molecule has 1 aromatic rings. The van der Waals surface area contributed by atoms with Gasteiger partial charge in [-0.1, -0.05) is 18.2 Å². The normalized spacial score (nSPS) is 19.9. The molecule has 0 fully saturated rings. The lowest BCUT2D eigenvalue weighted by molar-refractivity contribution is -0.401. The van der Waals surface area contributed by atoms with Crippen molar-refractivity contribution < 1.29 is 14.5 Å². The molecule has 0 radical (unpaired) electrons. The minimum atomic E-state index is -0.879. The Morgan fingerprint density at radius 2 is 1.94 bits per heavy atom. The van der Waals surface area contributed by atoms with Gasteiger partial charge in [0.25, 0.3) is 5.04 Å². The van der Waals surface area contributed by atoms with E-state index in [4.69, 9.17) is 5.11 Å². The highest BCUT2D eigenvalue weighted by Gasteiger charge is 2.25. The largest absolute Gasteiger partial charge is 0.478 e. The SMILES string of the molecule is C/C(C(=O)O)=C1/C=CSC1=[N+](C)c1ccccc1. The Labute approximate surface area is 110 Å². The van der Waals surface area contributed by atoms with E-state index in [1.165, 1.54) is 11.8 Å². The molecule has 18 heavy (non-hydrogen) atoms. The van der Waals surface area contributed by atoms with Gasteiger partial charge in [-0.25, -0.2) is 4.79 Å². The molecule has 0 aliphatic carbocycles. The quantitative estimate of drug-likeness (QED) is 0.656. The van der Waals surface area contributed by atoms with Crippen LogP contribution < -0.4 is 0 Å². The second kappa shape index (κ2) is 5.23. The minimum Gasteiger partial charge on any atom is -0.478 e. The standard InChI is InChI=1S/C14H13NO2S/c1-10(14(16)17)12-8-9-18-13(12)15(2)11-6-4-3-5-7-11/h3-9H,1-2H3/p+1/b12-10+,15-13?. The summed E-state index contributed by atoms with van der Waals surface area (Å²) in [6.07, 6.45) is 1.85. The third kappa shape index (κ3) is 2.38. The van der Waals surface area contributed by atoms with Gasteiger partial charge >= 0.3 is 5.97 Å². The monoisotopic (exact) mass is 260 g/mol. The molecule has 0 unspecified atom stereocenters. The van der Waals surface area contributed by atoms with Crippen LogP contribution in [-0.2, 0) is 4.79 Å². The van der Waals surface area contributed by atoms with Gasteiger partial charge in [0.2, 0.25) is 5.69 Å². The van der Waals surface area contributed by atoms with Crippen molar-refractivity contribution in [2.24, 2.45) is 0 Å². The molecule has 1 aliphatic heterocycles. The zero-order valence-corrected chi connectivity index (χ0v) is 11.1. The van der Waals surface area contributed by atoms with Gasteiger partial charge in [0.15, 0.2) is 0 Å². The van der Waals surface area contributed by atoms with Crippen LogP contribution in [-0.4, -0.2) is 27.7 Å². The molecule has 4 heteroatoms.